The van der Waals surface area contributed by atoms with Gasteiger partial charge in [-0.15, -0.1) is 0 Å². The number of fused-ring (bicyclic) bond motifs is 1. The van der Waals surface area contributed by atoms with Crippen LogP contribution in [0, 0.1) is 6.92 Å². The molecular formula is C23H16ClN3O4S. The van der Waals surface area contributed by atoms with Gasteiger partial charge in [0.1, 0.15) is 11.3 Å². The van der Waals surface area contributed by atoms with Crippen molar-refractivity contribution in [2.45, 2.75) is 13.0 Å². The zero-order valence-electron chi connectivity index (χ0n) is 16.7. The van der Waals surface area contributed by atoms with E-state index in [1.165, 1.54) is 22.3 Å². The Morgan fingerprint density at radius 1 is 1.19 bits per heavy atom. The first-order chi connectivity index (χ1) is 15.3. The van der Waals surface area contributed by atoms with Gasteiger partial charge in [-0.05, 0) is 48.9 Å². The van der Waals surface area contributed by atoms with E-state index in [2.05, 4.69) is 4.98 Å². The predicted molar refractivity (Wildman–Crippen MR) is 123 cm³/mol. The second kappa shape index (κ2) is 7.51. The van der Waals surface area contributed by atoms with Crippen LogP contribution in [0.15, 0.2) is 70.3 Å². The Balaban J connectivity index is 1.69. The molecule has 3 heterocycles. The van der Waals surface area contributed by atoms with Crippen LogP contribution in [0.4, 0.5) is 10.8 Å². The van der Waals surface area contributed by atoms with E-state index in [1.54, 1.807) is 49.4 Å². The van der Waals surface area contributed by atoms with E-state index in [4.69, 9.17) is 21.8 Å². The lowest BCUT2D eigenvalue weighted by Gasteiger charge is -2.24. The Hall–Kier alpha value is -3.62. The maximum absolute atomic E-state index is 13.3. The lowest BCUT2D eigenvalue weighted by molar-refractivity contribution is -0.117. The van der Waals surface area contributed by atoms with Crippen molar-refractivity contribution < 1.29 is 19.1 Å². The molecule has 3 N–H and O–H groups in total. The number of anilines is 2. The largest absolute Gasteiger partial charge is 0.503 e. The predicted octanol–water partition coefficient (Wildman–Crippen LogP) is 5.22. The molecule has 0 fully saturated rings. The normalized spacial score (nSPS) is 16.4. The standard InChI is InChI=1S/C23H16ClN3O4S/c1-11-5-10-15(31-11)20(28)17-19(12-6-8-13(25)9-7-12)27(22(30)21(17)29)23-26-18-14(24)3-2-4-16(18)32-23/h2-10,19,29H,25H2,1H3. The van der Waals surface area contributed by atoms with Gasteiger partial charge in [-0.2, -0.15) is 0 Å². The Labute approximate surface area is 191 Å². The summed E-state index contributed by atoms with van der Waals surface area (Å²) in [7, 11) is 0. The number of benzene rings is 2. The highest BCUT2D eigenvalue weighted by Crippen LogP contribution is 2.45. The number of hydrogen-bond acceptors (Lipinski definition) is 7. The van der Waals surface area contributed by atoms with E-state index in [0.29, 0.717) is 32.7 Å². The highest BCUT2D eigenvalue weighted by molar-refractivity contribution is 7.22. The highest BCUT2D eigenvalue weighted by Gasteiger charge is 2.46. The van der Waals surface area contributed by atoms with Crippen molar-refractivity contribution in [3.8, 4) is 0 Å². The molecule has 0 spiro atoms. The number of furan rings is 1. The Morgan fingerprint density at radius 2 is 1.94 bits per heavy atom. The van der Waals surface area contributed by atoms with Gasteiger partial charge in [-0.3, -0.25) is 14.5 Å². The fourth-order valence-corrected chi connectivity index (χ4v) is 5.02. The number of carbonyl (C=O) groups excluding carboxylic acids is 2. The number of amides is 1. The van der Waals surface area contributed by atoms with Crippen molar-refractivity contribution >= 4 is 55.7 Å². The Bertz CT molecular complexity index is 1420. The number of hydrogen-bond donors (Lipinski definition) is 2. The van der Waals surface area contributed by atoms with E-state index >= 15 is 0 Å². The van der Waals surface area contributed by atoms with Gasteiger partial charge in [-0.25, -0.2) is 4.98 Å². The number of carbonyl (C=O) groups is 2. The summed E-state index contributed by atoms with van der Waals surface area (Å²) in [5.74, 6) is -1.37. The maximum Gasteiger partial charge on any atom is 0.296 e. The summed E-state index contributed by atoms with van der Waals surface area (Å²) < 4.78 is 6.25. The van der Waals surface area contributed by atoms with E-state index in [9.17, 15) is 14.7 Å². The third kappa shape index (κ3) is 3.16. The summed E-state index contributed by atoms with van der Waals surface area (Å²) in [6.07, 6.45) is 0. The van der Waals surface area contributed by atoms with E-state index in [1.807, 2.05) is 6.07 Å². The smallest absolute Gasteiger partial charge is 0.296 e. The van der Waals surface area contributed by atoms with Crippen LogP contribution >= 0.6 is 22.9 Å². The van der Waals surface area contributed by atoms with Gasteiger partial charge in [0, 0.05) is 5.69 Å². The molecule has 1 amide bonds. The molecule has 0 saturated carbocycles. The minimum Gasteiger partial charge on any atom is -0.503 e. The van der Waals surface area contributed by atoms with Gasteiger partial charge >= 0.3 is 0 Å². The first-order valence-electron chi connectivity index (χ1n) is 9.63. The fourth-order valence-electron chi connectivity index (χ4n) is 3.72. The van der Waals surface area contributed by atoms with Gasteiger partial charge in [-0.1, -0.05) is 41.1 Å². The second-order valence-corrected chi connectivity index (χ2v) is 8.75. The number of Topliss-reactive ketones (excluding diaryl/α,β-unsaturated/α-hetero) is 1. The summed E-state index contributed by atoms with van der Waals surface area (Å²) >= 11 is 7.52. The zero-order valence-corrected chi connectivity index (χ0v) is 18.3. The van der Waals surface area contributed by atoms with Crippen LogP contribution in [-0.2, 0) is 4.79 Å². The van der Waals surface area contributed by atoms with Crippen LogP contribution in [0.25, 0.3) is 10.2 Å². The molecule has 0 radical (unpaired) electrons. The van der Waals surface area contributed by atoms with Crippen LogP contribution in [0.2, 0.25) is 5.02 Å². The molecule has 7 nitrogen and oxygen atoms in total. The van der Waals surface area contributed by atoms with Crippen molar-refractivity contribution in [3.05, 3.63) is 88.0 Å². The molecule has 32 heavy (non-hydrogen) atoms. The first kappa shape index (κ1) is 20.3. The third-order valence-corrected chi connectivity index (χ3v) is 6.56. The topological polar surface area (TPSA) is 110 Å². The van der Waals surface area contributed by atoms with Crippen LogP contribution < -0.4 is 10.6 Å². The lowest BCUT2D eigenvalue weighted by atomic mass is 9.95. The number of para-hydroxylation sites is 1. The molecule has 9 heteroatoms. The van der Waals surface area contributed by atoms with Gasteiger partial charge in [0.2, 0.25) is 5.78 Å². The van der Waals surface area contributed by atoms with E-state index in [0.717, 1.165) is 4.70 Å². The third-order valence-electron chi connectivity index (χ3n) is 5.23. The minimum absolute atomic E-state index is 0.0338. The molecule has 0 saturated heterocycles. The monoisotopic (exact) mass is 465 g/mol. The van der Waals surface area contributed by atoms with Crippen molar-refractivity contribution in [3.63, 3.8) is 0 Å². The summed E-state index contributed by atoms with van der Waals surface area (Å²) in [6.45, 7) is 1.71. The number of aryl methyl sites for hydroxylation is 1. The average molecular weight is 466 g/mol. The number of aromatic nitrogens is 1. The zero-order chi connectivity index (χ0) is 22.6. The number of nitrogens with two attached hydrogens (primary N) is 1. The van der Waals surface area contributed by atoms with Gasteiger partial charge in [0.05, 0.1) is 21.3 Å². The van der Waals surface area contributed by atoms with Crippen LogP contribution in [0.1, 0.15) is 27.9 Å². The van der Waals surface area contributed by atoms with Crippen LogP contribution in [0.5, 0.6) is 0 Å². The van der Waals surface area contributed by atoms with Crippen molar-refractivity contribution in [1.82, 2.24) is 4.98 Å². The summed E-state index contributed by atoms with van der Waals surface area (Å²) in [5, 5.41) is 11.6. The fraction of sp³-hybridized carbons (Fsp3) is 0.0870. The average Bonchev–Trinajstić information content (AvgIpc) is 3.46. The number of aliphatic hydroxyl groups is 1. The van der Waals surface area contributed by atoms with E-state index < -0.39 is 23.5 Å². The van der Waals surface area contributed by atoms with Gasteiger partial charge in [0.15, 0.2) is 16.7 Å². The molecule has 0 bridgehead atoms. The van der Waals surface area contributed by atoms with Gasteiger partial charge < -0.3 is 15.3 Å². The second-order valence-electron chi connectivity index (χ2n) is 7.33. The SMILES string of the molecule is Cc1ccc(C(=O)C2=C(O)C(=O)N(c3nc4c(Cl)cccc4s3)C2c2ccc(N)cc2)o1. The molecule has 0 aliphatic carbocycles. The number of rotatable bonds is 4. The molecule has 4 aromatic rings. The molecule has 2 aromatic carbocycles. The Morgan fingerprint density at radius 3 is 2.59 bits per heavy atom. The molecule has 1 aliphatic rings. The number of halogens is 1. The summed E-state index contributed by atoms with van der Waals surface area (Å²) in [5.41, 5.74) is 7.41. The molecule has 160 valence electrons. The molecule has 2 aromatic heterocycles. The van der Waals surface area contributed by atoms with Crippen molar-refractivity contribution in [2.75, 3.05) is 10.6 Å². The lowest BCUT2D eigenvalue weighted by Crippen LogP contribution is -2.30. The molecule has 1 aliphatic heterocycles. The number of ketones is 1. The van der Waals surface area contributed by atoms with Crippen molar-refractivity contribution in [1.29, 1.82) is 0 Å². The Kier molecular flexibility index (Phi) is 4.76. The number of nitrogens with zero attached hydrogens (tertiary/aromatic N) is 2. The minimum atomic E-state index is -0.916. The summed E-state index contributed by atoms with van der Waals surface area (Å²) in [6, 6.07) is 14.3. The quantitative estimate of drug-likeness (QED) is 0.316. The number of nitrogen functional groups attached to an aromatic ring is 1. The molecule has 1 unspecified atom stereocenters. The van der Waals surface area contributed by atoms with Gasteiger partial charge in [0.25, 0.3) is 5.91 Å². The highest BCUT2D eigenvalue weighted by atomic mass is 35.5. The van der Waals surface area contributed by atoms with Crippen molar-refractivity contribution in [2.24, 2.45) is 0 Å². The molecule has 5 rings (SSSR count). The number of aliphatic hydroxyl groups excluding tert-OH is 1. The van der Waals surface area contributed by atoms with E-state index in [-0.39, 0.29) is 11.3 Å². The summed E-state index contributed by atoms with van der Waals surface area (Å²) in [4.78, 5) is 32.4. The molecule has 1 atom stereocenters. The maximum atomic E-state index is 13.3. The van der Waals surface area contributed by atoms with Crippen LogP contribution in [-0.4, -0.2) is 21.8 Å². The van der Waals surface area contributed by atoms with Crippen LogP contribution in [0.3, 0.4) is 0 Å². The number of thiazole rings is 1. The molecular weight excluding hydrogens is 450 g/mol. The first-order valence-corrected chi connectivity index (χ1v) is 10.8.